The molecule has 82 heavy (non-hydrogen) atoms. The largest absolute Gasteiger partial charge is 0 e. The number of hydrogen-bond donors (Lipinski definition) is 0. The monoisotopic (exact) mass is 1380 g/mol. The average molecular weight is 1370 g/mol. The SMILES string of the molecule is Cn1ccnc1.Cn1ccnc1-c1ccccn1.FC(F)(F)c1cc([B-](c2cc(C(F)(F)F)cc(C(F)(F)F)c2)(c2cc(C(F)(F)F)cc(C(F)(F)F)c2)c2cc(C(F)(F)F)cc(C(F)(F)F)c2)cc(C(F)(F)F)c1.[C-]#[O+].[C-]#[O+].[C-]#[O+].[Re]. The molecule has 8 nitrogen and oxygen atoms in total. The zero-order valence-corrected chi connectivity index (χ0v) is 42.8. The van der Waals surface area contributed by atoms with E-state index in [4.69, 9.17) is 14.0 Å². The Morgan fingerprint density at radius 3 is 0.793 bits per heavy atom. The molecule has 3 heterocycles. The number of rotatable bonds is 5. The van der Waals surface area contributed by atoms with Gasteiger partial charge in [-0.1, -0.05) is 54.6 Å². The van der Waals surface area contributed by atoms with E-state index in [0.29, 0.717) is 0 Å². The van der Waals surface area contributed by atoms with E-state index in [2.05, 4.69) is 34.9 Å². The van der Waals surface area contributed by atoms with Gasteiger partial charge in [-0.15, -0.1) is 0 Å². The summed E-state index contributed by atoms with van der Waals surface area (Å²) in [6.45, 7) is 13.5. The van der Waals surface area contributed by atoms with Crippen LogP contribution in [0.3, 0.4) is 0 Å². The van der Waals surface area contributed by atoms with Crippen LogP contribution in [0.4, 0.5) is 105 Å². The van der Waals surface area contributed by atoms with Gasteiger partial charge in [0.05, 0.1) is 50.8 Å². The third kappa shape index (κ3) is 18.6. The fourth-order valence-corrected chi connectivity index (χ4v) is 7.50. The van der Waals surface area contributed by atoms with E-state index in [9.17, 15) is 105 Å². The van der Waals surface area contributed by atoms with Gasteiger partial charge in [-0.2, -0.15) is 127 Å². The van der Waals surface area contributed by atoms with Gasteiger partial charge in [0.15, 0.2) is 5.82 Å². The van der Waals surface area contributed by atoms with E-state index in [1.165, 1.54) is 0 Å². The quantitative estimate of drug-likeness (QED) is 0.0741. The minimum Gasteiger partial charge on any atom is 0 e. The molecule has 0 N–H and O–H groups in total. The molecule has 1 radical (unpaired) electrons. The molecule has 0 atom stereocenters. The number of halogens is 24. The predicted molar refractivity (Wildman–Crippen MR) is 232 cm³/mol. The first-order valence-electron chi connectivity index (χ1n) is 20.8. The molecule has 0 unspecified atom stereocenters. The second-order valence-electron chi connectivity index (χ2n) is 16.0. The molecule has 0 spiro atoms. The molecule has 7 rings (SSSR count). The fraction of sp³-hybridized carbons (Fsp3) is 0.208. The van der Waals surface area contributed by atoms with E-state index in [0.717, 1.165) is 11.5 Å². The first-order valence-corrected chi connectivity index (χ1v) is 20.8. The molecule has 0 bridgehead atoms. The van der Waals surface area contributed by atoms with E-state index >= 15 is 0 Å². The van der Waals surface area contributed by atoms with Gasteiger partial charge in [-0.05, 0) is 36.4 Å². The van der Waals surface area contributed by atoms with Crippen molar-refractivity contribution in [3.05, 3.63) is 193 Å². The summed E-state index contributed by atoms with van der Waals surface area (Å²) in [4.78, 5) is 12.2. The van der Waals surface area contributed by atoms with E-state index < -0.39 is 195 Å². The Morgan fingerprint density at radius 2 is 0.634 bits per heavy atom. The second kappa shape index (κ2) is 27.7. The summed E-state index contributed by atoms with van der Waals surface area (Å²) < 4.78 is 367. The normalized spacial score (nSPS) is 12.1. The number of hydrogen-bond acceptors (Lipinski definition) is 3. The van der Waals surface area contributed by atoms with Crippen LogP contribution in [0.2, 0.25) is 0 Å². The Hall–Kier alpha value is -7.28. The van der Waals surface area contributed by atoms with Crippen LogP contribution in [0.15, 0.2) is 128 Å². The Morgan fingerprint density at radius 1 is 0.366 bits per heavy atom. The molecule has 0 fully saturated rings. The maximum absolute atomic E-state index is 14.2. The van der Waals surface area contributed by atoms with Crippen molar-refractivity contribution in [2.24, 2.45) is 14.1 Å². The van der Waals surface area contributed by atoms with E-state index in [1.54, 1.807) is 24.9 Å². The molecular weight excluding hydrogens is 1350 g/mol. The van der Waals surface area contributed by atoms with Crippen LogP contribution in [-0.2, 0) is 97.9 Å². The van der Waals surface area contributed by atoms with Crippen molar-refractivity contribution in [1.29, 1.82) is 0 Å². The summed E-state index contributed by atoms with van der Waals surface area (Å²) >= 11 is 0. The Kier molecular flexibility index (Phi) is 24.5. The Bertz CT molecular complexity index is 2790. The summed E-state index contributed by atoms with van der Waals surface area (Å²) in [7, 11) is 3.89. The Labute approximate surface area is 458 Å². The van der Waals surface area contributed by atoms with Crippen LogP contribution >= 0.6 is 0 Å². The first-order chi connectivity index (χ1) is 37.0. The van der Waals surface area contributed by atoms with Gasteiger partial charge in [0.25, 0.3) is 0 Å². The third-order valence-electron chi connectivity index (χ3n) is 10.8. The summed E-state index contributed by atoms with van der Waals surface area (Å²) in [6.07, 6.45) is -44.0. The van der Waals surface area contributed by atoms with Gasteiger partial charge in [0.1, 0.15) is 11.8 Å². The molecule has 0 aliphatic rings. The molecule has 0 saturated carbocycles. The van der Waals surface area contributed by atoms with Gasteiger partial charge < -0.3 is 9.13 Å². The predicted octanol–water partition coefficient (Wildman–Crippen LogP) is 13.0. The fourth-order valence-electron chi connectivity index (χ4n) is 7.50. The number of nitrogens with zero attached hydrogens (tertiary/aromatic N) is 5. The van der Waals surface area contributed by atoms with Crippen molar-refractivity contribution in [2.75, 3.05) is 0 Å². The molecule has 0 aliphatic heterocycles. The number of alkyl halides is 24. The van der Waals surface area contributed by atoms with E-state index in [1.807, 2.05) is 53.8 Å². The van der Waals surface area contributed by atoms with Crippen molar-refractivity contribution in [2.45, 2.75) is 49.4 Å². The maximum Gasteiger partial charge on any atom is 0 e. The van der Waals surface area contributed by atoms with E-state index in [-0.39, 0.29) is 20.4 Å². The van der Waals surface area contributed by atoms with Crippen LogP contribution < -0.4 is 21.9 Å². The molecule has 0 saturated heterocycles. The smallest absolute Gasteiger partial charge is 0 e. The zero-order chi connectivity index (χ0) is 62.7. The van der Waals surface area contributed by atoms with Gasteiger partial charge >= 0.3 is 83.3 Å². The molecule has 3 aromatic heterocycles. The number of pyridine rings is 1. The van der Waals surface area contributed by atoms with Gasteiger partial charge in [-0.25, -0.2) is 9.97 Å². The number of aromatic nitrogens is 5. The summed E-state index contributed by atoms with van der Waals surface area (Å²) in [5.41, 5.74) is -29.3. The number of imidazole rings is 2. The standard InChI is InChI=1S/C32H12BF24.C9H9N3.C4H6N2.3CO.Re/c34-25(35,36)13-1-14(26(37,38)39)6-21(5-13)33(22-7-15(27(40,41)42)2-16(8-22)28(43,44)45,23-9-17(29(46,47)48)3-18(10-23)30(49,50)51)24-11-19(31(52,53)54)4-20(12-24)32(55,56)57;1-12-7-6-11-9(12)8-4-2-3-5-10-8;1-6-3-2-5-4-6;3*1-2;/h1-12H;2-7H,1H3;2-4H,1H3;;;;/q-1;;;;;;. The average Bonchev–Trinajstić information content (AvgIpc) is 4.04. The molecule has 7 aromatic rings. The maximum atomic E-state index is 14.2. The molecule has 0 aliphatic carbocycles. The second-order valence-corrected chi connectivity index (χ2v) is 16.0. The van der Waals surface area contributed by atoms with Crippen molar-refractivity contribution < 1.29 is 140 Å². The van der Waals surface area contributed by atoms with Gasteiger partial charge in [0.2, 0.25) is 0 Å². The van der Waals surface area contributed by atoms with Crippen LogP contribution in [0.25, 0.3) is 11.5 Å². The zero-order valence-electron chi connectivity index (χ0n) is 40.1. The third-order valence-corrected chi connectivity index (χ3v) is 10.8. The minimum absolute atomic E-state index is 0. The van der Waals surface area contributed by atoms with Gasteiger partial charge in [-0.3, -0.25) is 4.98 Å². The van der Waals surface area contributed by atoms with Crippen molar-refractivity contribution in [1.82, 2.24) is 24.1 Å². The summed E-state index contributed by atoms with van der Waals surface area (Å²) in [5, 5.41) is 0. The van der Waals surface area contributed by atoms with Crippen LogP contribution in [0.1, 0.15) is 44.5 Å². The minimum atomic E-state index is -6.13. The number of benzene rings is 4. The molecule has 34 heteroatoms. The Balaban J connectivity index is 0.00000111. The van der Waals surface area contributed by atoms with Gasteiger partial charge in [0, 0.05) is 65.5 Å². The first kappa shape index (κ1) is 72.7. The topological polar surface area (TPSA) is 108 Å². The molecule has 4 aromatic carbocycles. The molecule has 441 valence electrons. The molecule has 0 amide bonds. The molecular formula is C48H27BF24N5O3Re-. The van der Waals surface area contributed by atoms with Crippen LogP contribution in [-0.4, -0.2) is 30.2 Å². The number of aryl methyl sites for hydroxylation is 2. The summed E-state index contributed by atoms with van der Waals surface area (Å²) in [6, 6.07) is -3.01. The van der Waals surface area contributed by atoms with Crippen LogP contribution in [0.5, 0.6) is 0 Å². The van der Waals surface area contributed by atoms with Crippen molar-refractivity contribution in [3.8, 4) is 11.5 Å². The summed E-state index contributed by atoms with van der Waals surface area (Å²) in [5.74, 6) is 0.899. The van der Waals surface area contributed by atoms with Crippen molar-refractivity contribution in [3.63, 3.8) is 0 Å². The van der Waals surface area contributed by atoms with Crippen LogP contribution in [0, 0.1) is 20.0 Å². The van der Waals surface area contributed by atoms with Crippen molar-refractivity contribution >= 4 is 28.0 Å².